The van der Waals surface area contributed by atoms with Crippen LogP contribution in [0.2, 0.25) is 5.02 Å². The number of aromatic nitrogens is 2. The number of para-hydroxylation sites is 1. The summed E-state index contributed by atoms with van der Waals surface area (Å²) in [4.78, 5) is 9.04. The van der Waals surface area contributed by atoms with Crippen LogP contribution in [0.15, 0.2) is 48.5 Å². The number of fused-ring (bicyclic) bond motifs is 1. The number of rotatable bonds is 4. The highest BCUT2D eigenvalue weighted by Gasteiger charge is 2.07. The molecule has 2 N–H and O–H groups in total. The number of benzene rings is 2. The lowest BCUT2D eigenvalue weighted by atomic mass is 10.2. The van der Waals surface area contributed by atoms with Gasteiger partial charge in [0, 0.05) is 22.6 Å². The smallest absolute Gasteiger partial charge is 0.225 e. The standard InChI is InChI=1S/C16H15ClN4/c1-2-18-16-20-14-6-4-3-5-13(14)15(21-16)19-12-9-7-11(17)8-10-12/h3-10H,2H2,1H3,(H2,18,19,20,21). The lowest BCUT2D eigenvalue weighted by Gasteiger charge is -2.11. The molecule has 0 spiro atoms. The lowest BCUT2D eigenvalue weighted by molar-refractivity contribution is 1.11. The van der Waals surface area contributed by atoms with Crippen LogP contribution in [0.5, 0.6) is 0 Å². The van der Waals surface area contributed by atoms with E-state index in [2.05, 4.69) is 20.6 Å². The molecular formula is C16H15ClN4. The van der Waals surface area contributed by atoms with Crippen LogP contribution in [0.25, 0.3) is 10.9 Å². The first-order valence-electron chi connectivity index (χ1n) is 6.79. The van der Waals surface area contributed by atoms with Crippen molar-refractivity contribution in [3.8, 4) is 0 Å². The Balaban J connectivity index is 2.04. The summed E-state index contributed by atoms with van der Waals surface area (Å²) in [6.45, 7) is 2.80. The minimum absolute atomic E-state index is 0.618. The van der Waals surface area contributed by atoms with Crippen molar-refractivity contribution < 1.29 is 0 Å². The molecule has 0 aliphatic carbocycles. The van der Waals surface area contributed by atoms with E-state index in [-0.39, 0.29) is 0 Å². The monoisotopic (exact) mass is 298 g/mol. The third-order valence-corrected chi connectivity index (χ3v) is 3.30. The zero-order valence-corrected chi connectivity index (χ0v) is 12.4. The van der Waals surface area contributed by atoms with Crippen LogP contribution >= 0.6 is 11.6 Å². The van der Waals surface area contributed by atoms with Gasteiger partial charge in [0.2, 0.25) is 5.95 Å². The van der Waals surface area contributed by atoms with Crippen LogP contribution in [-0.4, -0.2) is 16.5 Å². The molecule has 0 fully saturated rings. The number of hydrogen-bond acceptors (Lipinski definition) is 4. The molecule has 0 aliphatic rings. The maximum absolute atomic E-state index is 5.91. The Labute approximate surface area is 128 Å². The molecule has 0 saturated heterocycles. The normalized spacial score (nSPS) is 10.6. The van der Waals surface area contributed by atoms with Crippen molar-refractivity contribution in [1.29, 1.82) is 0 Å². The summed E-state index contributed by atoms with van der Waals surface area (Å²) in [5, 5.41) is 8.17. The molecule has 21 heavy (non-hydrogen) atoms. The zero-order valence-electron chi connectivity index (χ0n) is 11.6. The van der Waals surface area contributed by atoms with E-state index in [1.165, 1.54) is 0 Å². The second kappa shape index (κ2) is 5.97. The second-order valence-electron chi connectivity index (χ2n) is 4.58. The van der Waals surface area contributed by atoms with Crippen molar-refractivity contribution in [1.82, 2.24) is 9.97 Å². The summed E-state index contributed by atoms with van der Waals surface area (Å²) in [5.41, 5.74) is 1.84. The fourth-order valence-corrected chi connectivity index (χ4v) is 2.20. The van der Waals surface area contributed by atoms with Crippen LogP contribution in [0, 0.1) is 0 Å². The molecule has 0 bridgehead atoms. The number of hydrogen-bond donors (Lipinski definition) is 2. The zero-order chi connectivity index (χ0) is 14.7. The van der Waals surface area contributed by atoms with Crippen molar-refractivity contribution in [2.45, 2.75) is 6.92 Å². The first-order chi connectivity index (χ1) is 10.3. The maximum atomic E-state index is 5.91. The summed E-state index contributed by atoms with van der Waals surface area (Å²) in [6, 6.07) is 15.5. The third-order valence-electron chi connectivity index (χ3n) is 3.05. The molecule has 4 nitrogen and oxygen atoms in total. The first-order valence-corrected chi connectivity index (χ1v) is 7.17. The van der Waals surface area contributed by atoms with E-state index in [0.717, 1.165) is 29.0 Å². The van der Waals surface area contributed by atoms with E-state index in [9.17, 15) is 0 Å². The van der Waals surface area contributed by atoms with E-state index in [1.807, 2.05) is 55.5 Å². The maximum Gasteiger partial charge on any atom is 0.225 e. The predicted molar refractivity (Wildman–Crippen MR) is 88.4 cm³/mol. The van der Waals surface area contributed by atoms with E-state index >= 15 is 0 Å². The van der Waals surface area contributed by atoms with E-state index in [1.54, 1.807) is 0 Å². The highest BCUT2D eigenvalue weighted by Crippen LogP contribution is 2.25. The van der Waals surface area contributed by atoms with E-state index < -0.39 is 0 Å². The number of halogens is 1. The van der Waals surface area contributed by atoms with Crippen LogP contribution in [0.4, 0.5) is 17.5 Å². The van der Waals surface area contributed by atoms with Gasteiger partial charge in [-0.05, 0) is 43.3 Å². The van der Waals surface area contributed by atoms with Crippen molar-refractivity contribution in [3.63, 3.8) is 0 Å². The SMILES string of the molecule is CCNc1nc(Nc2ccc(Cl)cc2)c2ccccc2n1. The molecule has 0 amide bonds. The topological polar surface area (TPSA) is 49.8 Å². The molecule has 0 atom stereocenters. The van der Waals surface area contributed by atoms with Gasteiger partial charge in [-0.2, -0.15) is 4.98 Å². The van der Waals surface area contributed by atoms with Gasteiger partial charge in [0.1, 0.15) is 5.82 Å². The van der Waals surface area contributed by atoms with Crippen molar-refractivity contribution >= 4 is 40.0 Å². The Morgan fingerprint density at radius 3 is 2.52 bits per heavy atom. The molecule has 2 aromatic carbocycles. The molecule has 106 valence electrons. The molecule has 0 unspecified atom stereocenters. The molecule has 1 heterocycles. The first kappa shape index (κ1) is 13.6. The van der Waals surface area contributed by atoms with Crippen molar-refractivity contribution in [3.05, 3.63) is 53.6 Å². The molecule has 3 aromatic rings. The summed E-state index contributed by atoms with van der Waals surface area (Å²) >= 11 is 5.91. The van der Waals surface area contributed by atoms with Gasteiger partial charge in [-0.1, -0.05) is 23.7 Å². The Morgan fingerprint density at radius 2 is 1.76 bits per heavy atom. The number of anilines is 3. The minimum Gasteiger partial charge on any atom is -0.354 e. The molecule has 0 saturated carbocycles. The Hall–Kier alpha value is -2.33. The van der Waals surface area contributed by atoms with E-state index in [4.69, 9.17) is 11.6 Å². The molecule has 3 rings (SSSR count). The molecule has 0 aliphatic heterocycles. The minimum atomic E-state index is 0.618. The number of nitrogens with zero attached hydrogens (tertiary/aromatic N) is 2. The molecule has 0 radical (unpaired) electrons. The van der Waals surface area contributed by atoms with Gasteiger partial charge in [0.05, 0.1) is 5.52 Å². The van der Waals surface area contributed by atoms with Gasteiger partial charge in [0.15, 0.2) is 0 Å². The highest BCUT2D eigenvalue weighted by molar-refractivity contribution is 6.30. The largest absolute Gasteiger partial charge is 0.354 e. The Bertz CT molecular complexity index is 756. The fourth-order valence-electron chi connectivity index (χ4n) is 2.08. The predicted octanol–water partition coefficient (Wildman–Crippen LogP) is 4.46. The van der Waals surface area contributed by atoms with Gasteiger partial charge < -0.3 is 10.6 Å². The van der Waals surface area contributed by atoms with Crippen molar-refractivity contribution in [2.75, 3.05) is 17.2 Å². The molecular weight excluding hydrogens is 284 g/mol. The number of nitrogens with one attached hydrogen (secondary N) is 2. The third kappa shape index (κ3) is 3.06. The van der Waals surface area contributed by atoms with E-state index in [0.29, 0.717) is 11.0 Å². The van der Waals surface area contributed by atoms with Gasteiger partial charge in [0.25, 0.3) is 0 Å². The van der Waals surface area contributed by atoms with Crippen molar-refractivity contribution in [2.24, 2.45) is 0 Å². The van der Waals surface area contributed by atoms with Crippen LogP contribution in [0.3, 0.4) is 0 Å². The van der Waals surface area contributed by atoms with Gasteiger partial charge in [-0.3, -0.25) is 0 Å². The highest BCUT2D eigenvalue weighted by atomic mass is 35.5. The quantitative estimate of drug-likeness (QED) is 0.746. The molecule has 5 heteroatoms. The van der Waals surface area contributed by atoms with Gasteiger partial charge in [-0.15, -0.1) is 0 Å². The summed E-state index contributed by atoms with van der Waals surface area (Å²) in [6.07, 6.45) is 0. The summed E-state index contributed by atoms with van der Waals surface area (Å²) < 4.78 is 0. The Morgan fingerprint density at radius 1 is 1.00 bits per heavy atom. The van der Waals surface area contributed by atoms with Gasteiger partial charge >= 0.3 is 0 Å². The van der Waals surface area contributed by atoms with Crippen LogP contribution in [0.1, 0.15) is 6.92 Å². The van der Waals surface area contributed by atoms with Gasteiger partial charge in [-0.25, -0.2) is 4.98 Å². The second-order valence-corrected chi connectivity index (χ2v) is 5.01. The Kier molecular flexibility index (Phi) is 3.88. The fraction of sp³-hybridized carbons (Fsp3) is 0.125. The van der Waals surface area contributed by atoms with Crippen LogP contribution in [-0.2, 0) is 0 Å². The molecule has 1 aromatic heterocycles. The summed E-state index contributed by atoms with van der Waals surface area (Å²) in [5.74, 6) is 1.39. The van der Waals surface area contributed by atoms with Crippen LogP contribution < -0.4 is 10.6 Å². The summed E-state index contributed by atoms with van der Waals surface area (Å²) in [7, 11) is 0. The average molecular weight is 299 g/mol. The lowest BCUT2D eigenvalue weighted by Crippen LogP contribution is -2.05. The average Bonchev–Trinajstić information content (AvgIpc) is 2.50.